The van der Waals surface area contributed by atoms with Crippen molar-refractivity contribution in [1.82, 2.24) is 4.90 Å². The fourth-order valence-corrected chi connectivity index (χ4v) is 2.71. The predicted molar refractivity (Wildman–Crippen MR) is 83.3 cm³/mol. The van der Waals surface area contributed by atoms with E-state index in [0.717, 1.165) is 31.5 Å². The molecule has 0 radical (unpaired) electrons. The molecule has 0 saturated carbocycles. The fourth-order valence-electron chi connectivity index (χ4n) is 2.71. The van der Waals surface area contributed by atoms with Crippen LogP contribution in [0.4, 0.5) is 0 Å². The van der Waals surface area contributed by atoms with Crippen LogP contribution < -0.4 is 0 Å². The first kappa shape index (κ1) is 16.4. The highest BCUT2D eigenvalue weighted by atomic mass is 16.5. The minimum Gasteiger partial charge on any atom is -0.396 e. The Bertz CT molecular complexity index is 399. The van der Waals surface area contributed by atoms with Gasteiger partial charge in [-0.15, -0.1) is 0 Å². The number of aryl methyl sites for hydroxylation is 1. The van der Waals surface area contributed by atoms with Gasteiger partial charge in [0.2, 0.25) is 0 Å². The molecule has 21 heavy (non-hydrogen) atoms. The number of rotatable bonds is 7. The van der Waals surface area contributed by atoms with Crippen LogP contribution in [0.2, 0.25) is 0 Å². The normalized spacial score (nSPS) is 18.8. The molecule has 1 aromatic carbocycles. The van der Waals surface area contributed by atoms with Crippen LogP contribution >= 0.6 is 0 Å². The summed E-state index contributed by atoms with van der Waals surface area (Å²) in [4.78, 5) is 2.30. The van der Waals surface area contributed by atoms with E-state index in [1.807, 2.05) is 24.3 Å². The number of aliphatic hydroxyl groups excluding tert-OH is 2. The lowest BCUT2D eigenvalue weighted by molar-refractivity contribution is -0.00650. The van der Waals surface area contributed by atoms with Gasteiger partial charge in [0.05, 0.1) is 12.2 Å². The molecule has 0 aromatic heterocycles. The molecule has 2 N–H and O–H groups in total. The van der Waals surface area contributed by atoms with Crippen molar-refractivity contribution in [3.63, 3.8) is 0 Å². The van der Waals surface area contributed by atoms with Gasteiger partial charge in [-0.25, -0.2) is 0 Å². The zero-order valence-electron chi connectivity index (χ0n) is 12.9. The number of nitrogens with zero attached hydrogens (tertiary/aromatic N) is 1. The molecule has 1 atom stereocenters. The number of ether oxygens (including phenoxy) is 1. The molecule has 0 bridgehead atoms. The van der Waals surface area contributed by atoms with Gasteiger partial charge < -0.3 is 19.8 Å². The molecular weight excluding hydrogens is 266 g/mol. The van der Waals surface area contributed by atoms with Crippen molar-refractivity contribution in [3.8, 4) is 0 Å². The van der Waals surface area contributed by atoms with Crippen LogP contribution in [-0.2, 0) is 4.74 Å². The number of benzene rings is 1. The van der Waals surface area contributed by atoms with Crippen molar-refractivity contribution >= 4 is 0 Å². The van der Waals surface area contributed by atoms with E-state index in [2.05, 4.69) is 11.8 Å². The van der Waals surface area contributed by atoms with Crippen LogP contribution in [0.3, 0.4) is 0 Å². The SMILES string of the molecule is Cc1ccc(C(O)CN2CCC(OCCCO)CC2)cc1. The Balaban J connectivity index is 1.71. The van der Waals surface area contributed by atoms with Crippen molar-refractivity contribution in [2.45, 2.75) is 38.4 Å². The third-order valence-corrected chi connectivity index (χ3v) is 4.08. The largest absolute Gasteiger partial charge is 0.396 e. The van der Waals surface area contributed by atoms with Crippen LogP contribution in [0.25, 0.3) is 0 Å². The van der Waals surface area contributed by atoms with E-state index in [1.54, 1.807) is 0 Å². The maximum atomic E-state index is 10.3. The predicted octanol–water partition coefficient (Wildman–Crippen LogP) is 1.89. The van der Waals surface area contributed by atoms with Crippen molar-refractivity contribution in [3.05, 3.63) is 35.4 Å². The van der Waals surface area contributed by atoms with E-state index in [4.69, 9.17) is 9.84 Å². The lowest BCUT2D eigenvalue weighted by Gasteiger charge is -2.33. The Morgan fingerprint density at radius 3 is 2.52 bits per heavy atom. The zero-order valence-corrected chi connectivity index (χ0v) is 12.9. The van der Waals surface area contributed by atoms with Gasteiger partial charge in [-0.3, -0.25) is 0 Å². The van der Waals surface area contributed by atoms with E-state index < -0.39 is 6.10 Å². The number of aliphatic hydroxyl groups is 2. The van der Waals surface area contributed by atoms with Gasteiger partial charge in [-0.1, -0.05) is 29.8 Å². The average Bonchev–Trinajstić information content (AvgIpc) is 2.50. The van der Waals surface area contributed by atoms with Crippen LogP contribution in [0.15, 0.2) is 24.3 Å². The minimum atomic E-state index is -0.419. The summed E-state index contributed by atoms with van der Waals surface area (Å²) in [6.07, 6.45) is 2.62. The van der Waals surface area contributed by atoms with Gasteiger partial charge in [0, 0.05) is 32.8 Å². The van der Waals surface area contributed by atoms with Gasteiger partial charge in [-0.2, -0.15) is 0 Å². The monoisotopic (exact) mass is 293 g/mol. The molecule has 1 aliphatic rings. The Morgan fingerprint density at radius 1 is 1.24 bits per heavy atom. The summed E-state index contributed by atoms with van der Waals surface area (Å²) < 4.78 is 5.73. The minimum absolute atomic E-state index is 0.196. The average molecular weight is 293 g/mol. The second-order valence-corrected chi connectivity index (χ2v) is 5.87. The fraction of sp³-hybridized carbons (Fsp3) is 0.647. The van der Waals surface area contributed by atoms with Gasteiger partial charge in [0.15, 0.2) is 0 Å². The summed E-state index contributed by atoms with van der Waals surface area (Å²) in [5.41, 5.74) is 2.20. The van der Waals surface area contributed by atoms with Gasteiger partial charge in [0.25, 0.3) is 0 Å². The number of piperidine rings is 1. The Hall–Kier alpha value is -0.940. The van der Waals surface area contributed by atoms with Crippen LogP contribution in [0, 0.1) is 6.92 Å². The molecule has 4 nitrogen and oxygen atoms in total. The summed E-state index contributed by atoms with van der Waals surface area (Å²) in [6, 6.07) is 8.09. The van der Waals surface area contributed by atoms with Crippen molar-refractivity contribution in [2.75, 3.05) is 32.8 Å². The van der Waals surface area contributed by atoms with E-state index in [-0.39, 0.29) is 6.61 Å². The number of β-amino-alcohol motifs (C(OH)–C–C–N with tert-alkyl or cyclic N) is 1. The molecule has 0 amide bonds. The summed E-state index contributed by atoms with van der Waals surface area (Å²) in [6.45, 7) is 5.51. The first-order valence-corrected chi connectivity index (χ1v) is 7.88. The molecule has 118 valence electrons. The molecular formula is C17H27NO3. The number of hydrogen-bond donors (Lipinski definition) is 2. The quantitative estimate of drug-likeness (QED) is 0.754. The van der Waals surface area contributed by atoms with E-state index in [9.17, 15) is 5.11 Å². The Kier molecular flexibility index (Phi) is 6.64. The molecule has 1 fully saturated rings. The molecule has 1 saturated heterocycles. The van der Waals surface area contributed by atoms with Crippen LogP contribution in [0.5, 0.6) is 0 Å². The number of hydrogen-bond acceptors (Lipinski definition) is 4. The molecule has 2 rings (SSSR count). The molecule has 1 aromatic rings. The maximum Gasteiger partial charge on any atom is 0.0916 e. The second kappa shape index (κ2) is 8.49. The summed E-state index contributed by atoms with van der Waals surface area (Å²) >= 11 is 0. The molecule has 1 heterocycles. The third-order valence-electron chi connectivity index (χ3n) is 4.08. The van der Waals surface area contributed by atoms with E-state index >= 15 is 0 Å². The molecule has 4 heteroatoms. The standard InChI is InChI=1S/C17H27NO3/c1-14-3-5-15(6-4-14)17(20)13-18-9-7-16(8-10-18)21-12-2-11-19/h3-6,16-17,19-20H,2,7-13H2,1H3. The first-order valence-electron chi connectivity index (χ1n) is 7.88. The first-order chi connectivity index (χ1) is 10.2. The van der Waals surface area contributed by atoms with Crippen LogP contribution in [-0.4, -0.2) is 54.1 Å². The maximum absolute atomic E-state index is 10.3. The third kappa shape index (κ3) is 5.40. The number of likely N-dealkylation sites (tertiary alicyclic amines) is 1. The van der Waals surface area contributed by atoms with E-state index in [1.165, 1.54) is 5.56 Å². The Morgan fingerprint density at radius 2 is 1.90 bits per heavy atom. The molecule has 1 unspecified atom stereocenters. The van der Waals surface area contributed by atoms with Gasteiger partial charge in [0.1, 0.15) is 0 Å². The van der Waals surface area contributed by atoms with Gasteiger partial charge >= 0.3 is 0 Å². The van der Waals surface area contributed by atoms with Crippen molar-refractivity contribution in [1.29, 1.82) is 0 Å². The zero-order chi connectivity index (χ0) is 15.1. The second-order valence-electron chi connectivity index (χ2n) is 5.87. The summed E-state index contributed by atoms with van der Waals surface area (Å²) in [7, 11) is 0. The molecule has 1 aliphatic heterocycles. The highest BCUT2D eigenvalue weighted by Gasteiger charge is 2.21. The van der Waals surface area contributed by atoms with E-state index in [0.29, 0.717) is 25.7 Å². The van der Waals surface area contributed by atoms with Crippen molar-refractivity contribution < 1.29 is 14.9 Å². The van der Waals surface area contributed by atoms with Crippen LogP contribution in [0.1, 0.15) is 36.5 Å². The highest BCUT2D eigenvalue weighted by molar-refractivity contribution is 5.23. The highest BCUT2D eigenvalue weighted by Crippen LogP contribution is 2.19. The summed E-state index contributed by atoms with van der Waals surface area (Å²) in [5, 5.41) is 19.0. The smallest absolute Gasteiger partial charge is 0.0916 e. The lowest BCUT2D eigenvalue weighted by atomic mass is 10.0. The molecule has 0 spiro atoms. The Labute approximate surface area is 127 Å². The summed E-state index contributed by atoms with van der Waals surface area (Å²) in [5.74, 6) is 0. The van der Waals surface area contributed by atoms with Crippen molar-refractivity contribution in [2.24, 2.45) is 0 Å². The topological polar surface area (TPSA) is 52.9 Å². The lowest BCUT2D eigenvalue weighted by Crippen LogP contribution is -2.39. The molecule has 0 aliphatic carbocycles. The van der Waals surface area contributed by atoms with Gasteiger partial charge in [-0.05, 0) is 31.7 Å².